The van der Waals surface area contributed by atoms with Crippen LogP contribution in [0.15, 0.2) is 53.7 Å². The SMILES string of the molecule is COc1ccc([C@@H]2CC(=O)C3=C(C2)NC(=O)C[C@@H]3c2ccc(Cl)c([N+](=O)[O-])c2)cc1. The van der Waals surface area contributed by atoms with Gasteiger partial charge in [-0.15, -0.1) is 0 Å². The molecule has 8 heteroatoms. The van der Waals surface area contributed by atoms with Gasteiger partial charge in [0, 0.05) is 36.1 Å². The fourth-order valence-corrected chi connectivity index (χ4v) is 4.43. The topological polar surface area (TPSA) is 98.5 Å². The number of halogens is 1. The van der Waals surface area contributed by atoms with E-state index >= 15 is 0 Å². The van der Waals surface area contributed by atoms with Crippen molar-refractivity contribution in [3.8, 4) is 5.75 Å². The molecule has 1 aliphatic carbocycles. The zero-order chi connectivity index (χ0) is 21.4. The first kappa shape index (κ1) is 20.1. The van der Waals surface area contributed by atoms with Gasteiger partial charge in [0.15, 0.2) is 5.78 Å². The fourth-order valence-electron chi connectivity index (χ4n) is 4.24. The minimum Gasteiger partial charge on any atom is -0.497 e. The number of carbonyl (C=O) groups excluding carboxylic acids is 2. The van der Waals surface area contributed by atoms with Gasteiger partial charge in [0.25, 0.3) is 5.69 Å². The van der Waals surface area contributed by atoms with Crippen molar-refractivity contribution in [2.45, 2.75) is 31.1 Å². The molecule has 2 aromatic carbocycles. The van der Waals surface area contributed by atoms with Crippen LogP contribution in [0.25, 0.3) is 0 Å². The second kappa shape index (κ2) is 7.91. The summed E-state index contributed by atoms with van der Waals surface area (Å²) in [6, 6.07) is 12.0. The van der Waals surface area contributed by atoms with Gasteiger partial charge in [0.2, 0.25) is 5.91 Å². The Morgan fingerprint density at radius 1 is 1.07 bits per heavy atom. The molecule has 0 radical (unpaired) electrons. The minimum atomic E-state index is -0.563. The lowest BCUT2D eigenvalue weighted by Gasteiger charge is -2.34. The first-order valence-electron chi connectivity index (χ1n) is 9.51. The second-order valence-electron chi connectivity index (χ2n) is 7.47. The van der Waals surface area contributed by atoms with E-state index in [1.54, 1.807) is 13.2 Å². The molecule has 4 rings (SSSR count). The first-order valence-corrected chi connectivity index (χ1v) is 9.89. The van der Waals surface area contributed by atoms with E-state index in [-0.39, 0.29) is 34.7 Å². The van der Waals surface area contributed by atoms with Gasteiger partial charge in [-0.1, -0.05) is 29.8 Å². The summed E-state index contributed by atoms with van der Waals surface area (Å²) in [6.07, 6.45) is 0.898. The molecular weight excluding hydrogens is 408 g/mol. The molecule has 0 fully saturated rings. The summed E-state index contributed by atoms with van der Waals surface area (Å²) < 4.78 is 5.18. The zero-order valence-corrected chi connectivity index (χ0v) is 16.9. The molecule has 0 aromatic heterocycles. The molecular formula is C22H19ClN2O5. The predicted octanol–water partition coefficient (Wildman–Crippen LogP) is 4.26. The summed E-state index contributed by atoms with van der Waals surface area (Å²) in [7, 11) is 1.59. The van der Waals surface area contributed by atoms with Crippen LogP contribution in [0.2, 0.25) is 5.02 Å². The number of nitro benzene ring substituents is 1. The van der Waals surface area contributed by atoms with Crippen molar-refractivity contribution in [3.05, 3.63) is 80.0 Å². The molecule has 0 saturated carbocycles. The van der Waals surface area contributed by atoms with E-state index in [1.807, 2.05) is 24.3 Å². The van der Waals surface area contributed by atoms with E-state index in [4.69, 9.17) is 16.3 Å². The number of nitro groups is 1. The third-order valence-electron chi connectivity index (χ3n) is 5.69. The van der Waals surface area contributed by atoms with Crippen LogP contribution in [0.1, 0.15) is 42.2 Å². The highest BCUT2D eigenvalue weighted by Crippen LogP contribution is 2.43. The third kappa shape index (κ3) is 3.68. The average molecular weight is 427 g/mol. The summed E-state index contributed by atoms with van der Waals surface area (Å²) in [5, 5.41) is 14.1. The quantitative estimate of drug-likeness (QED) is 0.581. The molecule has 0 saturated heterocycles. The number of rotatable bonds is 4. The second-order valence-corrected chi connectivity index (χ2v) is 7.87. The maximum Gasteiger partial charge on any atom is 0.288 e. The number of allylic oxidation sites excluding steroid dienone is 2. The molecule has 0 spiro atoms. The number of hydrogen-bond donors (Lipinski definition) is 1. The van der Waals surface area contributed by atoms with E-state index in [0.29, 0.717) is 29.7 Å². The number of nitrogens with zero attached hydrogens (tertiary/aromatic N) is 1. The average Bonchev–Trinajstić information content (AvgIpc) is 2.73. The van der Waals surface area contributed by atoms with Gasteiger partial charge in [-0.3, -0.25) is 19.7 Å². The molecule has 2 aromatic rings. The maximum absolute atomic E-state index is 13.1. The number of nitrogens with one attached hydrogen (secondary N) is 1. The van der Waals surface area contributed by atoms with Gasteiger partial charge in [-0.2, -0.15) is 0 Å². The first-order chi connectivity index (χ1) is 14.4. The fraction of sp³-hybridized carbons (Fsp3) is 0.273. The van der Waals surface area contributed by atoms with Crippen LogP contribution in [0.4, 0.5) is 5.69 Å². The Hall–Kier alpha value is -3.19. The smallest absolute Gasteiger partial charge is 0.288 e. The highest BCUT2D eigenvalue weighted by molar-refractivity contribution is 6.32. The van der Waals surface area contributed by atoms with Crippen LogP contribution in [-0.2, 0) is 9.59 Å². The van der Waals surface area contributed by atoms with E-state index in [2.05, 4.69) is 5.32 Å². The van der Waals surface area contributed by atoms with Crippen molar-refractivity contribution in [1.29, 1.82) is 0 Å². The van der Waals surface area contributed by atoms with Crippen LogP contribution >= 0.6 is 11.6 Å². The van der Waals surface area contributed by atoms with Crippen LogP contribution in [-0.4, -0.2) is 23.7 Å². The normalized spacial score (nSPS) is 21.1. The number of benzene rings is 2. The molecule has 7 nitrogen and oxygen atoms in total. The van der Waals surface area contributed by atoms with Gasteiger partial charge in [-0.25, -0.2) is 0 Å². The summed E-state index contributed by atoms with van der Waals surface area (Å²) in [4.78, 5) is 36.2. The van der Waals surface area contributed by atoms with Gasteiger partial charge >= 0.3 is 0 Å². The van der Waals surface area contributed by atoms with Crippen molar-refractivity contribution >= 4 is 29.0 Å². The Morgan fingerprint density at radius 3 is 2.43 bits per heavy atom. The monoisotopic (exact) mass is 426 g/mol. The van der Waals surface area contributed by atoms with Crippen LogP contribution in [0, 0.1) is 10.1 Å². The van der Waals surface area contributed by atoms with Crippen molar-refractivity contribution in [2.24, 2.45) is 0 Å². The highest BCUT2D eigenvalue weighted by atomic mass is 35.5. The number of methoxy groups -OCH3 is 1. The lowest BCUT2D eigenvalue weighted by Crippen LogP contribution is -2.38. The lowest BCUT2D eigenvalue weighted by atomic mass is 9.73. The molecule has 154 valence electrons. The highest BCUT2D eigenvalue weighted by Gasteiger charge is 2.38. The van der Waals surface area contributed by atoms with E-state index in [1.165, 1.54) is 12.1 Å². The van der Waals surface area contributed by atoms with Crippen LogP contribution < -0.4 is 10.1 Å². The number of Topliss-reactive ketones (excluding diaryl/α,β-unsaturated/α-hetero) is 1. The molecule has 1 amide bonds. The molecule has 1 heterocycles. The molecule has 1 N–H and O–H groups in total. The molecule has 2 aliphatic rings. The van der Waals surface area contributed by atoms with Crippen molar-refractivity contribution in [1.82, 2.24) is 5.32 Å². The minimum absolute atomic E-state index is 0.0211. The number of ketones is 1. The number of amides is 1. The van der Waals surface area contributed by atoms with Crippen molar-refractivity contribution < 1.29 is 19.2 Å². The molecule has 0 unspecified atom stereocenters. The Labute approximate surface area is 177 Å². The molecule has 30 heavy (non-hydrogen) atoms. The number of ether oxygens (including phenoxy) is 1. The van der Waals surface area contributed by atoms with Gasteiger partial charge in [0.05, 0.1) is 12.0 Å². The van der Waals surface area contributed by atoms with E-state index < -0.39 is 10.8 Å². The maximum atomic E-state index is 13.1. The van der Waals surface area contributed by atoms with E-state index in [0.717, 1.165) is 11.3 Å². The summed E-state index contributed by atoms with van der Waals surface area (Å²) >= 11 is 5.92. The Balaban J connectivity index is 1.70. The summed E-state index contributed by atoms with van der Waals surface area (Å²) in [5.74, 6) is -0.106. The standard InChI is InChI=1S/C22H19ClN2O5/c1-30-15-5-2-12(3-6-15)14-8-18-22(20(26)10-14)16(11-21(27)24-18)13-4-7-17(23)19(9-13)25(28)29/h2-7,9,14,16H,8,10-11H2,1H3,(H,24,27)/t14-,16+/m0/s1. The Kier molecular flexibility index (Phi) is 5.30. The Bertz CT molecular complexity index is 1080. The number of carbonyl (C=O) groups is 2. The van der Waals surface area contributed by atoms with Gasteiger partial charge in [0.1, 0.15) is 10.8 Å². The summed E-state index contributed by atoms with van der Waals surface area (Å²) in [5.41, 5.74) is 2.45. The van der Waals surface area contributed by atoms with Crippen LogP contribution in [0.5, 0.6) is 5.75 Å². The lowest BCUT2D eigenvalue weighted by molar-refractivity contribution is -0.384. The van der Waals surface area contributed by atoms with Gasteiger partial charge in [-0.05, 0) is 41.7 Å². The van der Waals surface area contributed by atoms with Gasteiger partial charge < -0.3 is 10.1 Å². The van der Waals surface area contributed by atoms with E-state index in [9.17, 15) is 19.7 Å². The number of hydrogen-bond acceptors (Lipinski definition) is 5. The largest absolute Gasteiger partial charge is 0.497 e. The molecule has 0 bridgehead atoms. The predicted molar refractivity (Wildman–Crippen MR) is 111 cm³/mol. The molecule has 1 aliphatic heterocycles. The molecule has 2 atom stereocenters. The Morgan fingerprint density at radius 2 is 1.77 bits per heavy atom. The van der Waals surface area contributed by atoms with Crippen molar-refractivity contribution in [2.75, 3.05) is 7.11 Å². The zero-order valence-electron chi connectivity index (χ0n) is 16.2. The third-order valence-corrected chi connectivity index (χ3v) is 6.01. The van der Waals surface area contributed by atoms with Crippen LogP contribution in [0.3, 0.4) is 0 Å². The van der Waals surface area contributed by atoms with Crippen molar-refractivity contribution in [3.63, 3.8) is 0 Å². The summed E-state index contributed by atoms with van der Waals surface area (Å²) in [6.45, 7) is 0.